The van der Waals surface area contributed by atoms with Gasteiger partial charge in [-0.25, -0.2) is 9.59 Å². The van der Waals surface area contributed by atoms with Crippen LogP contribution in [-0.4, -0.2) is 17.5 Å². The molecular weight excluding hydrogens is 348 g/mol. The van der Waals surface area contributed by atoms with Gasteiger partial charge in [0.05, 0.1) is 17.2 Å². The Morgan fingerprint density at radius 2 is 2.16 bits per heavy atom. The Labute approximate surface area is 144 Å². The maximum Gasteiger partial charge on any atom is 0.350 e. The molecule has 0 amide bonds. The zero-order valence-electron chi connectivity index (χ0n) is 13.0. The maximum atomic E-state index is 12.3. The smallest absolute Gasteiger partial charge is 0.350 e. The van der Waals surface area contributed by atoms with E-state index in [1.807, 2.05) is 0 Å². The second-order valence-electron chi connectivity index (χ2n) is 5.01. The second-order valence-corrected chi connectivity index (χ2v) is 6.06. The summed E-state index contributed by atoms with van der Waals surface area (Å²) in [5, 5.41) is 11.0. The van der Waals surface area contributed by atoms with E-state index in [2.05, 4.69) is 0 Å². The van der Waals surface area contributed by atoms with E-state index in [0.717, 1.165) is 11.3 Å². The zero-order chi connectivity index (χ0) is 18.1. The molecule has 0 saturated carbocycles. The fraction of sp³-hybridized carbons (Fsp3) is 0.125. The van der Waals surface area contributed by atoms with Gasteiger partial charge in [0.2, 0.25) is 0 Å². The standard InChI is InChI=1S/C16H12N2O6S/c1-2-23-16(20)14-13(17)12-11(25-14)7-10(24-15(12)19)8-4-3-5-9(6-8)18(21)22/h3-7H,2,17H2,1H3. The van der Waals surface area contributed by atoms with E-state index >= 15 is 0 Å². The van der Waals surface area contributed by atoms with Crippen molar-refractivity contribution >= 4 is 38.8 Å². The maximum absolute atomic E-state index is 12.3. The quantitative estimate of drug-likeness (QED) is 0.430. The summed E-state index contributed by atoms with van der Waals surface area (Å²) in [6.07, 6.45) is 0. The van der Waals surface area contributed by atoms with Gasteiger partial charge in [0.1, 0.15) is 16.0 Å². The van der Waals surface area contributed by atoms with Crippen molar-refractivity contribution < 1.29 is 18.9 Å². The molecule has 0 aliphatic heterocycles. The van der Waals surface area contributed by atoms with E-state index in [1.54, 1.807) is 13.0 Å². The van der Waals surface area contributed by atoms with Crippen molar-refractivity contribution in [2.24, 2.45) is 0 Å². The third-order valence-electron chi connectivity index (χ3n) is 3.44. The van der Waals surface area contributed by atoms with E-state index < -0.39 is 16.5 Å². The molecule has 0 fully saturated rings. The van der Waals surface area contributed by atoms with E-state index in [9.17, 15) is 19.7 Å². The molecule has 0 spiro atoms. The summed E-state index contributed by atoms with van der Waals surface area (Å²) in [5.74, 6) is -0.463. The van der Waals surface area contributed by atoms with Gasteiger partial charge in [-0.05, 0) is 13.0 Å². The molecule has 3 aromatic rings. The number of nitro groups is 1. The summed E-state index contributed by atoms with van der Waals surface area (Å²) >= 11 is 1.01. The van der Waals surface area contributed by atoms with Gasteiger partial charge in [-0.2, -0.15) is 0 Å². The third-order valence-corrected chi connectivity index (χ3v) is 4.58. The first-order valence-electron chi connectivity index (χ1n) is 7.20. The molecule has 0 saturated heterocycles. The van der Waals surface area contributed by atoms with Gasteiger partial charge in [-0.15, -0.1) is 11.3 Å². The Kier molecular flexibility index (Phi) is 4.24. The highest BCUT2D eigenvalue weighted by atomic mass is 32.1. The fourth-order valence-corrected chi connectivity index (χ4v) is 3.37. The summed E-state index contributed by atoms with van der Waals surface area (Å²) in [7, 11) is 0. The highest BCUT2D eigenvalue weighted by Gasteiger charge is 2.21. The summed E-state index contributed by atoms with van der Waals surface area (Å²) in [6.45, 7) is 1.84. The van der Waals surface area contributed by atoms with Gasteiger partial charge < -0.3 is 14.9 Å². The van der Waals surface area contributed by atoms with Crippen molar-refractivity contribution in [3.05, 3.63) is 55.7 Å². The molecule has 2 aromatic heterocycles. The Morgan fingerprint density at radius 1 is 1.40 bits per heavy atom. The number of ether oxygens (including phenoxy) is 1. The van der Waals surface area contributed by atoms with Gasteiger partial charge in [-0.1, -0.05) is 12.1 Å². The van der Waals surface area contributed by atoms with Gasteiger partial charge in [-0.3, -0.25) is 10.1 Å². The van der Waals surface area contributed by atoms with Crippen molar-refractivity contribution in [1.82, 2.24) is 0 Å². The van der Waals surface area contributed by atoms with Gasteiger partial charge in [0, 0.05) is 22.4 Å². The van der Waals surface area contributed by atoms with E-state index in [-0.39, 0.29) is 34.0 Å². The molecule has 25 heavy (non-hydrogen) atoms. The number of rotatable bonds is 4. The first-order chi connectivity index (χ1) is 11.9. The van der Waals surface area contributed by atoms with Crippen LogP contribution >= 0.6 is 11.3 Å². The Balaban J connectivity index is 2.17. The molecule has 0 radical (unpaired) electrons. The molecule has 0 atom stereocenters. The summed E-state index contributed by atoms with van der Waals surface area (Å²) in [4.78, 5) is 34.7. The van der Waals surface area contributed by atoms with E-state index in [0.29, 0.717) is 10.3 Å². The Morgan fingerprint density at radius 3 is 2.84 bits per heavy atom. The minimum absolute atomic E-state index is 0.0118. The number of hydrogen-bond donors (Lipinski definition) is 1. The average Bonchev–Trinajstić information content (AvgIpc) is 2.92. The van der Waals surface area contributed by atoms with Crippen molar-refractivity contribution in [2.75, 3.05) is 12.3 Å². The predicted molar refractivity (Wildman–Crippen MR) is 92.8 cm³/mol. The average molecular weight is 360 g/mol. The summed E-state index contributed by atoms with van der Waals surface area (Å²) in [5.41, 5.74) is 5.42. The number of benzene rings is 1. The summed E-state index contributed by atoms with van der Waals surface area (Å²) in [6, 6.07) is 7.24. The van der Waals surface area contributed by atoms with Crippen LogP contribution in [0.15, 0.2) is 39.5 Å². The van der Waals surface area contributed by atoms with Crippen LogP contribution in [-0.2, 0) is 4.74 Å². The number of thiophene rings is 1. The second kappa shape index (κ2) is 6.36. The number of non-ortho nitro benzene ring substituents is 1. The largest absolute Gasteiger partial charge is 0.462 e. The Hall–Kier alpha value is -3.20. The molecular formula is C16H12N2O6S. The number of anilines is 1. The van der Waals surface area contributed by atoms with Crippen LogP contribution in [0.3, 0.4) is 0 Å². The van der Waals surface area contributed by atoms with Crippen molar-refractivity contribution in [1.29, 1.82) is 0 Å². The monoisotopic (exact) mass is 360 g/mol. The number of nitro benzene ring substituents is 1. The molecule has 0 aliphatic rings. The van der Waals surface area contributed by atoms with Crippen LogP contribution < -0.4 is 11.4 Å². The molecule has 9 heteroatoms. The van der Waals surface area contributed by atoms with Crippen LogP contribution in [0.1, 0.15) is 16.6 Å². The lowest BCUT2D eigenvalue weighted by atomic mass is 10.1. The normalized spacial score (nSPS) is 10.8. The first kappa shape index (κ1) is 16.7. The topological polar surface area (TPSA) is 126 Å². The minimum atomic E-state index is -0.719. The van der Waals surface area contributed by atoms with Gasteiger partial charge in [0.15, 0.2) is 0 Å². The third kappa shape index (κ3) is 2.96. The lowest BCUT2D eigenvalue weighted by molar-refractivity contribution is -0.384. The molecule has 0 aliphatic carbocycles. The molecule has 2 heterocycles. The number of nitrogens with zero attached hydrogens (tertiary/aromatic N) is 1. The highest BCUT2D eigenvalue weighted by Crippen LogP contribution is 2.35. The number of carbonyl (C=O) groups excluding carboxylic acids is 1. The number of esters is 1. The number of carbonyl (C=O) groups is 1. The predicted octanol–water partition coefficient (Wildman–Crippen LogP) is 3.19. The van der Waals surface area contributed by atoms with Crippen molar-refractivity contribution in [3.8, 4) is 11.3 Å². The number of hydrogen-bond acceptors (Lipinski definition) is 8. The molecule has 2 N–H and O–H groups in total. The van der Waals surface area contributed by atoms with Crippen LogP contribution in [0.25, 0.3) is 21.4 Å². The molecule has 1 aromatic carbocycles. The van der Waals surface area contributed by atoms with E-state index in [4.69, 9.17) is 14.9 Å². The molecule has 0 bridgehead atoms. The highest BCUT2D eigenvalue weighted by molar-refractivity contribution is 7.21. The summed E-state index contributed by atoms with van der Waals surface area (Å²) < 4.78 is 10.6. The molecule has 0 unspecified atom stereocenters. The number of nitrogen functional groups attached to an aromatic ring is 1. The SMILES string of the molecule is CCOC(=O)c1sc2cc(-c3cccc([N+](=O)[O-])c3)oc(=O)c2c1N. The van der Waals surface area contributed by atoms with Crippen LogP contribution in [0.4, 0.5) is 11.4 Å². The fourth-order valence-electron chi connectivity index (χ4n) is 2.34. The lowest BCUT2D eigenvalue weighted by Crippen LogP contribution is -2.06. The van der Waals surface area contributed by atoms with Crippen LogP contribution in [0, 0.1) is 10.1 Å². The molecule has 128 valence electrons. The van der Waals surface area contributed by atoms with Crippen molar-refractivity contribution in [3.63, 3.8) is 0 Å². The molecule has 3 rings (SSSR count). The van der Waals surface area contributed by atoms with Crippen LogP contribution in [0.5, 0.6) is 0 Å². The lowest BCUT2D eigenvalue weighted by Gasteiger charge is -2.01. The van der Waals surface area contributed by atoms with Crippen LogP contribution in [0.2, 0.25) is 0 Å². The van der Waals surface area contributed by atoms with Crippen molar-refractivity contribution in [2.45, 2.75) is 6.92 Å². The van der Waals surface area contributed by atoms with Gasteiger partial charge in [0.25, 0.3) is 5.69 Å². The van der Waals surface area contributed by atoms with Gasteiger partial charge >= 0.3 is 11.6 Å². The van der Waals surface area contributed by atoms with E-state index in [1.165, 1.54) is 24.3 Å². The molecule has 8 nitrogen and oxygen atoms in total. The number of fused-ring (bicyclic) bond motifs is 1. The zero-order valence-corrected chi connectivity index (χ0v) is 13.8. The first-order valence-corrected chi connectivity index (χ1v) is 8.02. The number of nitrogens with two attached hydrogens (primary N) is 1. The minimum Gasteiger partial charge on any atom is -0.462 e. The Bertz CT molecular complexity index is 1050.